The van der Waals surface area contributed by atoms with Gasteiger partial charge < -0.3 is 33.8 Å². The van der Waals surface area contributed by atoms with E-state index in [9.17, 15) is 43.2 Å². The Kier molecular flexibility index (Phi) is 74.3. The number of aliphatic hydroxyl groups excluding tert-OH is 1. The average Bonchev–Trinajstić information content (AvgIpc) is 0.903. The zero-order valence-electron chi connectivity index (χ0n) is 70.1. The summed E-state index contributed by atoms with van der Waals surface area (Å²) in [5, 5.41) is 10.7. The lowest BCUT2D eigenvalue weighted by Gasteiger charge is -2.21. The molecule has 0 rings (SSSR count). The third-order valence-corrected chi connectivity index (χ3v) is 23.3. The first-order valence-electron chi connectivity index (χ1n) is 44.8. The van der Waals surface area contributed by atoms with Crippen molar-refractivity contribution in [3.63, 3.8) is 0 Å². The smallest absolute Gasteiger partial charge is 0.462 e. The Morgan fingerprint density at radius 2 is 0.453 bits per heavy atom. The number of carbonyl (C=O) groups is 4. The van der Waals surface area contributed by atoms with E-state index in [1.165, 1.54) is 250 Å². The van der Waals surface area contributed by atoms with Gasteiger partial charge in [0.2, 0.25) is 0 Å². The molecule has 0 aromatic heterocycles. The fraction of sp³-hybridized carbons (Fsp3) is 0.954. The van der Waals surface area contributed by atoms with Gasteiger partial charge in [-0.2, -0.15) is 0 Å². The summed E-state index contributed by atoms with van der Waals surface area (Å²) in [6, 6.07) is 0. The molecule has 0 spiro atoms. The van der Waals surface area contributed by atoms with Crippen LogP contribution >= 0.6 is 15.6 Å². The largest absolute Gasteiger partial charge is 0.472 e. The Labute approximate surface area is 651 Å². The summed E-state index contributed by atoms with van der Waals surface area (Å²) < 4.78 is 68.8. The van der Waals surface area contributed by atoms with E-state index in [1.54, 1.807) is 0 Å². The molecule has 0 aromatic rings. The molecular formula is C87H170O17P2. The van der Waals surface area contributed by atoms with Gasteiger partial charge in [0.1, 0.15) is 19.3 Å². The molecular weight excluding hydrogens is 1380 g/mol. The Hall–Kier alpha value is -1.94. The van der Waals surface area contributed by atoms with Crippen molar-refractivity contribution in [3.8, 4) is 0 Å². The Morgan fingerprint density at radius 3 is 0.670 bits per heavy atom. The zero-order valence-corrected chi connectivity index (χ0v) is 71.9. The number of carbonyl (C=O) groups excluding carboxylic acids is 4. The van der Waals surface area contributed by atoms with Crippen molar-refractivity contribution in [2.75, 3.05) is 39.6 Å². The Bertz CT molecular complexity index is 2060. The van der Waals surface area contributed by atoms with Gasteiger partial charge in [-0.25, -0.2) is 9.13 Å². The molecule has 5 unspecified atom stereocenters. The van der Waals surface area contributed by atoms with Crippen molar-refractivity contribution in [1.82, 2.24) is 0 Å². The first kappa shape index (κ1) is 104. The lowest BCUT2D eigenvalue weighted by molar-refractivity contribution is -0.161. The van der Waals surface area contributed by atoms with Crippen molar-refractivity contribution >= 4 is 39.5 Å². The number of esters is 4. The summed E-state index contributed by atoms with van der Waals surface area (Å²) in [5.41, 5.74) is 0. The predicted octanol–water partition coefficient (Wildman–Crippen LogP) is 26.3. The molecule has 8 atom stereocenters. The van der Waals surface area contributed by atoms with Crippen LogP contribution in [0.4, 0.5) is 0 Å². The molecule has 0 bridgehead atoms. The highest BCUT2D eigenvalue weighted by molar-refractivity contribution is 7.47. The van der Waals surface area contributed by atoms with E-state index >= 15 is 0 Å². The normalized spacial score (nSPS) is 14.7. The molecule has 0 fully saturated rings. The summed E-state index contributed by atoms with van der Waals surface area (Å²) in [7, 11) is -9.93. The standard InChI is InChI=1S/C87H170O17P2/c1-9-78(6)64-56-48-40-34-28-24-20-16-12-14-18-22-26-30-36-42-51-59-67-84(89)97-73-82(103-87(92)70-62-54-44-38-32-33-39-47-55-63-77(4)5)75-101-105(93,94)99-71-81(88)72-100-106(95,96)102-76-83(74-98-85(90)68-60-52-46-45-50-58-66-80(8)11-3)104-86(91)69-61-53-43-37-31-27-23-19-15-13-17-21-25-29-35-41-49-57-65-79(7)10-2/h77-83,88H,9-76H2,1-8H3,(H,93,94)(H,95,96)/t78?,79?,80?,81-,82-,83-/m1/s1. The van der Waals surface area contributed by atoms with Gasteiger partial charge >= 0.3 is 39.5 Å². The van der Waals surface area contributed by atoms with E-state index in [0.717, 1.165) is 120 Å². The molecule has 0 amide bonds. The van der Waals surface area contributed by atoms with Crippen molar-refractivity contribution in [3.05, 3.63) is 0 Å². The monoisotopic (exact) mass is 1550 g/mol. The first-order chi connectivity index (χ1) is 51.2. The van der Waals surface area contributed by atoms with E-state index in [-0.39, 0.29) is 25.7 Å². The van der Waals surface area contributed by atoms with Crippen LogP contribution in [0.5, 0.6) is 0 Å². The van der Waals surface area contributed by atoms with Crippen molar-refractivity contribution < 1.29 is 80.2 Å². The minimum absolute atomic E-state index is 0.106. The number of phosphoric acid groups is 2. The van der Waals surface area contributed by atoms with E-state index in [1.807, 2.05) is 0 Å². The maximum absolute atomic E-state index is 13.1. The molecule has 19 heteroatoms. The van der Waals surface area contributed by atoms with Crippen molar-refractivity contribution in [2.24, 2.45) is 23.7 Å². The second-order valence-electron chi connectivity index (χ2n) is 32.5. The maximum Gasteiger partial charge on any atom is 0.472 e. The fourth-order valence-corrected chi connectivity index (χ4v) is 15.0. The van der Waals surface area contributed by atoms with Crippen LogP contribution in [0.2, 0.25) is 0 Å². The molecule has 0 aliphatic carbocycles. The highest BCUT2D eigenvalue weighted by Crippen LogP contribution is 2.45. The molecule has 0 saturated carbocycles. The second-order valence-corrected chi connectivity index (χ2v) is 35.4. The molecule has 0 radical (unpaired) electrons. The second kappa shape index (κ2) is 75.7. The number of hydrogen-bond acceptors (Lipinski definition) is 15. The lowest BCUT2D eigenvalue weighted by Crippen LogP contribution is -2.30. The Balaban J connectivity index is 5.14. The number of unbranched alkanes of at least 4 members (excludes halogenated alkanes) is 47. The van der Waals surface area contributed by atoms with Crippen LogP contribution in [-0.2, 0) is 65.4 Å². The van der Waals surface area contributed by atoms with Gasteiger partial charge in [0.25, 0.3) is 0 Å². The summed E-state index contributed by atoms with van der Waals surface area (Å²) in [4.78, 5) is 73.2. The molecule has 0 saturated heterocycles. The third kappa shape index (κ3) is 76.1. The number of aliphatic hydroxyl groups is 1. The van der Waals surface area contributed by atoms with E-state index in [0.29, 0.717) is 25.7 Å². The third-order valence-electron chi connectivity index (χ3n) is 21.4. The van der Waals surface area contributed by atoms with Crippen LogP contribution in [0.3, 0.4) is 0 Å². The van der Waals surface area contributed by atoms with E-state index in [4.69, 9.17) is 37.0 Å². The van der Waals surface area contributed by atoms with Gasteiger partial charge in [0, 0.05) is 25.7 Å². The Morgan fingerprint density at radius 1 is 0.264 bits per heavy atom. The summed E-state index contributed by atoms with van der Waals surface area (Å²) >= 11 is 0. The molecule has 630 valence electrons. The van der Waals surface area contributed by atoms with Gasteiger partial charge in [-0.15, -0.1) is 0 Å². The average molecular weight is 1550 g/mol. The molecule has 0 aliphatic heterocycles. The SMILES string of the molecule is CCC(C)CCCCCCCCCCCCCCCCCCCCC(=O)OC[C@H](COP(=O)(O)OC[C@@H](O)COP(=O)(O)OC[C@@H](COC(=O)CCCCCCCCC(C)CC)OC(=O)CCCCCCCCCCCCCCCCCCCCC(C)CC)OC(=O)CCCCCCCCCCCC(C)C. The maximum atomic E-state index is 13.1. The highest BCUT2D eigenvalue weighted by atomic mass is 31.2. The minimum Gasteiger partial charge on any atom is -0.462 e. The van der Waals surface area contributed by atoms with Crippen LogP contribution in [0, 0.1) is 23.7 Å². The van der Waals surface area contributed by atoms with Gasteiger partial charge in [0.15, 0.2) is 12.2 Å². The minimum atomic E-state index is -4.96. The summed E-state index contributed by atoms with van der Waals surface area (Å²) in [6.07, 6.45) is 65.4. The fourth-order valence-electron chi connectivity index (χ4n) is 13.4. The molecule has 106 heavy (non-hydrogen) atoms. The van der Waals surface area contributed by atoms with Gasteiger partial charge in [0.05, 0.1) is 26.4 Å². The van der Waals surface area contributed by atoms with Crippen LogP contribution in [-0.4, -0.2) is 96.7 Å². The summed E-state index contributed by atoms with van der Waals surface area (Å²) in [6.45, 7) is 14.4. The molecule has 0 heterocycles. The van der Waals surface area contributed by atoms with Crippen LogP contribution < -0.4 is 0 Å². The lowest BCUT2D eigenvalue weighted by atomic mass is 9.99. The molecule has 3 N–H and O–H groups in total. The van der Waals surface area contributed by atoms with Crippen molar-refractivity contribution in [1.29, 1.82) is 0 Å². The van der Waals surface area contributed by atoms with Gasteiger partial charge in [-0.3, -0.25) is 37.3 Å². The molecule has 0 aromatic carbocycles. The summed E-state index contributed by atoms with van der Waals surface area (Å²) in [5.74, 6) is 1.10. The topological polar surface area (TPSA) is 237 Å². The predicted molar refractivity (Wildman–Crippen MR) is 437 cm³/mol. The van der Waals surface area contributed by atoms with E-state index < -0.39 is 97.5 Å². The van der Waals surface area contributed by atoms with Crippen LogP contribution in [0.25, 0.3) is 0 Å². The van der Waals surface area contributed by atoms with Gasteiger partial charge in [-0.05, 0) is 49.4 Å². The molecule has 17 nitrogen and oxygen atoms in total. The number of rotatable bonds is 84. The highest BCUT2D eigenvalue weighted by Gasteiger charge is 2.31. The van der Waals surface area contributed by atoms with Crippen molar-refractivity contribution in [2.45, 2.75) is 472 Å². The molecule has 0 aliphatic rings. The van der Waals surface area contributed by atoms with E-state index in [2.05, 4.69) is 55.4 Å². The number of hydrogen-bond donors (Lipinski definition) is 3. The van der Waals surface area contributed by atoms with Crippen LogP contribution in [0.1, 0.15) is 453 Å². The quantitative estimate of drug-likeness (QED) is 0.0222. The van der Waals surface area contributed by atoms with Gasteiger partial charge in [-0.1, -0.05) is 402 Å². The van der Waals surface area contributed by atoms with Crippen LogP contribution in [0.15, 0.2) is 0 Å². The first-order valence-corrected chi connectivity index (χ1v) is 47.8. The number of ether oxygens (including phenoxy) is 4. The zero-order chi connectivity index (χ0) is 78.1. The number of phosphoric ester groups is 2.